The molecule has 9 heteroatoms. The molecule has 0 aliphatic heterocycles. The number of alkyl halides is 3. The van der Waals surface area contributed by atoms with Gasteiger partial charge in [0.1, 0.15) is 11.8 Å². The second kappa shape index (κ2) is 8.53. The molecule has 1 unspecified atom stereocenters. The highest BCUT2D eigenvalue weighted by Crippen LogP contribution is 2.35. The number of amides is 1. The summed E-state index contributed by atoms with van der Waals surface area (Å²) >= 11 is 0. The summed E-state index contributed by atoms with van der Waals surface area (Å²) in [5.74, 6) is -1.64. The average Bonchev–Trinajstić information content (AvgIpc) is 2.52. The predicted molar refractivity (Wildman–Crippen MR) is 78.9 cm³/mol. The van der Waals surface area contributed by atoms with Crippen LogP contribution in [0.1, 0.15) is 19.4 Å². The molecule has 0 aliphatic rings. The Kier molecular flexibility index (Phi) is 7.02. The molecule has 1 aromatic carbocycles. The molecule has 1 rings (SSSR count). The van der Waals surface area contributed by atoms with Gasteiger partial charge in [0, 0.05) is 7.05 Å². The van der Waals surface area contributed by atoms with E-state index in [1.165, 1.54) is 26.1 Å². The molecule has 0 aliphatic carbocycles. The van der Waals surface area contributed by atoms with E-state index in [4.69, 9.17) is 9.47 Å². The third kappa shape index (κ3) is 5.73. The molecule has 0 spiro atoms. The van der Waals surface area contributed by atoms with Crippen LogP contribution in [-0.4, -0.2) is 43.2 Å². The lowest BCUT2D eigenvalue weighted by Gasteiger charge is -2.22. The number of carbonyl (C=O) groups excluding carboxylic acids is 2. The lowest BCUT2D eigenvalue weighted by molar-refractivity contribution is -0.149. The number of para-hydroxylation sites is 1. The number of hydrazine groups is 1. The second-order valence-electron chi connectivity index (χ2n) is 4.84. The molecule has 6 nitrogen and oxygen atoms in total. The van der Waals surface area contributed by atoms with Gasteiger partial charge in [0.25, 0.3) is 5.91 Å². The van der Waals surface area contributed by atoms with Crippen LogP contribution in [0, 0.1) is 0 Å². The van der Waals surface area contributed by atoms with Crippen molar-refractivity contribution in [3.8, 4) is 5.75 Å². The number of halogens is 3. The summed E-state index contributed by atoms with van der Waals surface area (Å²) in [5, 5.41) is 0.970. The molecule has 1 aromatic rings. The van der Waals surface area contributed by atoms with Gasteiger partial charge >= 0.3 is 12.1 Å². The van der Waals surface area contributed by atoms with Crippen molar-refractivity contribution in [2.75, 3.05) is 20.3 Å². The molecule has 0 aromatic heterocycles. The largest absolute Gasteiger partial charge is 0.483 e. The molecule has 1 atom stereocenters. The summed E-state index contributed by atoms with van der Waals surface area (Å²) in [6.07, 6.45) is -4.58. The van der Waals surface area contributed by atoms with Gasteiger partial charge in [0.15, 0.2) is 6.61 Å². The zero-order valence-corrected chi connectivity index (χ0v) is 13.5. The van der Waals surface area contributed by atoms with Gasteiger partial charge in [-0.15, -0.1) is 0 Å². The first kappa shape index (κ1) is 19.8. The van der Waals surface area contributed by atoms with Crippen molar-refractivity contribution in [3.63, 3.8) is 0 Å². The quantitative estimate of drug-likeness (QED) is 0.603. The molecule has 1 amide bonds. The predicted octanol–water partition coefficient (Wildman–Crippen LogP) is 2.00. The van der Waals surface area contributed by atoms with Gasteiger partial charge in [0.2, 0.25) is 0 Å². The zero-order chi connectivity index (χ0) is 18.3. The minimum absolute atomic E-state index is 0.194. The fraction of sp³-hybridized carbons (Fsp3) is 0.467. The number of rotatable bonds is 7. The number of likely N-dealkylation sites (N-methyl/N-ethyl adjacent to an activating group) is 1. The topological polar surface area (TPSA) is 67.9 Å². The van der Waals surface area contributed by atoms with E-state index in [-0.39, 0.29) is 6.61 Å². The van der Waals surface area contributed by atoms with Gasteiger partial charge < -0.3 is 9.47 Å². The smallest absolute Gasteiger partial charge is 0.419 e. The molecular formula is C15H19F3N2O4. The van der Waals surface area contributed by atoms with E-state index in [0.29, 0.717) is 0 Å². The summed E-state index contributed by atoms with van der Waals surface area (Å²) in [5.41, 5.74) is 1.59. The molecule has 134 valence electrons. The molecule has 0 bridgehead atoms. The standard InChI is InChI=1S/C15H19F3N2O4/c1-4-23-14(22)10(2)19-20(3)13(21)9-24-12-8-6-5-7-11(12)15(16,17)18/h5-8,10,19H,4,9H2,1-3H3. The Bertz CT molecular complexity index is 578. The van der Waals surface area contributed by atoms with E-state index >= 15 is 0 Å². The van der Waals surface area contributed by atoms with Crippen LogP contribution in [0.25, 0.3) is 0 Å². The Hall–Kier alpha value is -2.29. The highest BCUT2D eigenvalue weighted by atomic mass is 19.4. The van der Waals surface area contributed by atoms with E-state index in [2.05, 4.69) is 5.43 Å². The van der Waals surface area contributed by atoms with Crippen molar-refractivity contribution in [2.24, 2.45) is 0 Å². The SMILES string of the molecule is CCOC(=O)C(C)NN(C)C(=O)COc1ccccc1C(F)(F)F. The summed E-state index contributed by atoms with van der Waals surface area (Å²) in [6.45, 7) is 2.71. The van der Waals surface area contributed by atoms with Crippen LogP contribution in [0.15, 0.2) is 24.3 Å². The first-order valence-electron chi connectivity index (χ1n) is 7.15. The van der Waals surface area contributed by atoms with Gasteiger partial charge in [-0.25, -0.2) is 5.43 Å². The Morgan fingerprint density at radius 1 is 1.29 bits per heavy atom. The fourth-order valence-electron chi connectivity index (χ4n) is 1.75. The van der Waals surface area contributed by atoms with Crippen molar-refractivity contribution in [3.05, 3.63) is 29.8 Å². The van der Waals surface area contributed by atoms with Gasteiger partial charge in [0.05, 0.1) is 12.2 Å². The first-order chi connectivity index (χ1) is 11.2. The molecule has 0 fully saturated rings. The van der Waals surface area contributed by atoms with Crippen molar-refractivity contribution in [1.82, 2.24) is 10.4 Å². The van der Waals surface area contributed by atoms with Crippen LogP contribution in [-0.2, 0) is 20.5 Å². The molecule has 24 heavy (non-hydrogen) atoms. The summed E-state index contributed by atoms with van der Waals surface area (Å²) < 4.78 is 48.2. The van der Waals surface area contributed by atoms with Gasteiger partial charge in [-0.05, 0) is 26.0 Å². The maximum Gasteiger partial charge on any atom is 0.419 e. The summed E-state index contributed by atoms with van der Waals surface area (Å²) in [6, 6.07) is 3.81. The normalized spacial score (nSPS) is 12.4. The average molecular weight is 348 g/mol. The van der Waals surface area contributed by atoms with Crippen molar-refractivity contribution < 1.29 is 32.2 Å². The number of nitrogens with one attached hydrogen (secondary N) is 1. The summed E-state index contributed by atoms with van der Waals surface area (Å²) in [4.78, 5) is 23.4. The first-order valence-corrected chi connectivity index (χ1v) is 7.15. The number of ether oxygens (including phenoxy) is 2. The molecule has 0 saturated heterocycles. The Morgan fingerprint density at radius 2 is 1.92 bits per heavy atom. The second-order valence-corrected chi connectivity index (χ2v) is 4.84. The number of benzene rings is 1. The highest BCUT2D eigenvalue weighted by Gasteiger charge is 2.34. The van der Waals surface area contributed by atoms with E-state index in [1.54, 1.807) is 6.92 Å². The number of carbonyl (C=O) groups is 2. The molecule has 1 N–H and O–H groups in total. The Labute approximate surface area is 137 Å². The number of nitrogens with zero attached hydrogens (tertiary/aromatic N) is 1. The third-order valence-corrected chi connectivity index (χ3v) is 2.95. The van der Waals surface area contributed by atoms with E-state index in [1.807, 2.05) is 0 Å². The molecule has 0 saturated carbocycles. The van der Waals surface area contributed by atoms with Gasteiger partial charge in [-0.3, -0.25) is 14.6 Å². The van der Waals surface area contributed by atoms with Crippen LogP contribution in [0.5, 0.6) is 5.75 Å². The maximum atomic E-state index is 12.8. The van der Waals surface area contributed by atoms with Crippen LogP contribution < -0.4 is 10.2 Å². The number of esters is 1. The Balaban J connectivity index is 2.62. The minimum Gasteiger partial charge on any atom is -0.483 e. The fourth-order valence-corrected chi connectivity index (χ4v) is 1.75. The Morgan fingerprint density at radius 3 is 2.50 bits per heavy atom. The lowest BCUT2D eigenvalue weighted by atomic mass is 10.2. The molecule has 0 radical (unpaired) electrons. The van der Waals surface area contributed by atoms with Crippen LogP contribution in [0.4, 0.5) is 13.2 Å². The minimum atomic E-state index is -4.58. The number of hydrogen-bond donors (Lipinski definition) is 1. The molecule has 0 heterocycles. The van der Waals surface area contributed by atoms with Crippen LogP contribution in [0.2, 0.25) is 0 Å². The lowest BCUT2D eigenvalue weighted by Crippen LogP contribution is -2.49. The zero-order valence-electron chi connectivity index (χ0n) is 13.5. The van der Waals surface area contributed by atoms with E-state index in [9.17, 15) is 22.8 Å². The van der Waals surface area contributed by atoms with Crippen molar-refractivity contribution in [2.45, 2.75) is 26.1 Å². The van der Waals surface area contributed by atoms with Crippen LogP contribution >= 0.6 is 0 Å². The van der Waals surface area contributed by atoms with Gasteiger partial charge in [-0.2, -0.15) is 13.2 Å². The van der Waals surface area contributed by atoms with Crippen molar-refractivity contribution >= 4 is 11.9 Å². The molecular weight excluding hydrogens is 329 g/mol. The summed E-state index contributed by atoms with van der Waals surface area (Å²) in [7, 11) is 1.33. The monoisotopic (exact) mass is 348 g/mol. The van der Waals surface area contributed by atoms with Crippen LogP contribution in [0.3, 0.4) is 0 Å². The number of hydrogen-bond acceptors (Lipinski definition) is 5. The van der Waals surface area contributed by atoms with E-state index in [0.717, 1.165) is 17.1 Å². The highest BCUT2D eigenvalue weighted by molar-refractivity contribution is 5.79. The van der Waals surface area contributed by atoms with Gasteiger partial charge in [-0.1, -0.05) is 12.1 Å². The van der Waals surface area contributed by atoms with Crippen molar-refractivity contribution in [1.29, 1.82) is 0 Å². The van der Waals surface area contributed by atoms with E-state index < -0.39 is 42.0 Å². The third-order valence-electron chi connectivity index (χ3n) is 2.95. The maximum absolute atomic E-state index is 12.8.